The van der Waals surface area contributed by atoms with Gasteiger partial charge in [-0.3, -0.25) is 13.9 Å². The minimum Gasteiger partial charge on any atom is -0.355 e. The first-order chi connectivity index (χ1) is 17.6. The van der Waals surface area contributed by atoms with E-state index in [0.717, 1.165) is 31.7 Å². The van der Waals surface area contributed by atoms with Gasteiger partial charge in [0.15, 0.2) is 0 Å². The highest BCUT2D eigenvalue weighted by Crippen LogP contribution is 2.21. The lowest BCUT2D eigenvalue weighted by Crippen LogP contribution is -2.53. The molecule has 1 unspecified atom stereocenters. The van der Waals surface area contributed by atoms with Crippen molar-refractivity contribution in [1.82, 2.24) is 10.2 Å². The zero-order valence-corrected chi connectivity index (χ0v) is 23.6. The van der Waals surface area contributed by atoms with Gasteiger partial charge in [0.05, 0.1) is 11.9 Å². The Labute approximate surface area is 227 Å². The average Bonchev–Trinajstić information content (AvgIpc) is 2.86. The van der Waals surface area contributed by atoms with Crippen LogP contribution in [0.4, 0.5) is 5.69 Å². The number of aryl methyl sites for hydroxylation is 1. The summed E-state index contributed by atoms with van der Waals surface area (Å²) in [5, 5.41) is 2.85. The van der Waals surface area contributed by atoms with E-state index < -0.39 is 28.5 Å². The van der Waals surface area contributed by atoms with Gasteiger partial charge in [-0.1, -0.05) is 76.1 Å². The summed E-state index contributed by atoms with van der Waals surface area (Å²) in [4.78, 5) is 28.6. The molecule has 0 aliphatic heterocycles. The largest absolute Gasteiger partial charge is 0.355 e. The molecule has 0 spiro atoms. The van der Waals surface area contributed by atoms with Gasteiger partial charge in [-0.15, -0.1) is 0 Å². The number of rotatable bonds is 11. The van der Waals surface area contributed by atoms with E-state index in [1.807, 2.05) is 68.4 Å². The van der Waals surface area contributed by atoms with Crippen molar-refractivity contribution in [3.8, 4) is 0 Å². The van der Waals surface area contributed by atoms with Gasteiger partial charge in [0.2, 0.25) is 21.8 Å². The van der Waals surface area contributed by atoms with Crippen LogP contribution in [-0.4, -0.2) is 50.5 Å². The number of carbonyl (C=O) groups is 2. The third-order valence-corrected chi connectivity index (χ3v) is 7.56. The lowest BCUT2D eigenvalue weighted by atomic mass is 10.0. The number of carbonyl (C=O) groups excluding carboxylic acids is 2. The molecule has 1 N–H and O–H groups in total. The van der Waals surface area contributed by atoms with Crippen molar-refractivity contribution in [3.05, 3.63) is 100 Å². The second-order valence-corrected chi connectivity index (χ2v) is 11.7. The van der Waals surface area contributed by atoms with Gasteiger partial charge in [-0.2, -0.15) is 0 Å². The average molecular weight is 587 g/mol. The maximum atomic E-state index is 13.9. The standard InChI is InChI=1S/C28H32BrN3O4S/c1-4-30-28(34)26(18-22-8-6-5-7-9-22)31(19-23-12-14-24(29)15-13-23)27(33)20-32(37(3,35)36)25-16-10-21(2)11-17-25/h5-17,26H,4,18-20H2,1-3H3,(H,30,34). The van der Waals surface area contributed by atoms with E-state index in [1.54, 1.807) is 24.3 Å². The molecule has 0 aromatic heterocycles. The van der Waals surface area contributed by atoms with E-state index >= 15 is 0 Å². The summed E-state index contributed by atoms with van der Waals surface area (Å²) in [6.45, 7) is 3.85. The molecule has 0 bridgehead atoms. The molecule has 0 radical (unpaired) electrons. The summed E-state index contributed by atoms with van der Waals surface area (Å²) in [6.07, 6.45) is 1.36. The number of sulfonamides is 1. The van der Waals surface area contributed by atoms with Crippen LogP contribution in [-0.2, 0) is 32.6 Å². The molecule has 0 saturated heterocycles. The van der Waals surface area contributed by atoms with Gasteiger partial charge in [0.25, 0.3) is 0 Å². The SMILES string of the molecule is CCNC(=O)C(Cc1ccccc1)N(Cc1ccc(Br)cc1)C(=O)CN(c1ccc(C)cc1)S(C)(=O)=O. The van der Waals surface area contributed by atoms with Crippen LogP contribution in [0.3, 0.4) is 0 Å². The summed E-state index contributed by atoms with van der Waals surface area (Å²) in [5.41, 5.74) is 3.08. The Balaban J connectivity index is 2.02. The predicted octanol–water partition coefficient (Wildman–Crippen LogP) is 4.30. The molecule has 0 saturated carbocycles. The van der Waals surface area contributed by atoms with Crippen LogP contribution in [0.15, 0.2) is 83.3 Å². The molecule has 0 aliphatic carbocycles. The highest BCUT2D eigenvalue weighted by molar-refractivity contribution is 9.10. The third-order valence-electron chi connectivity index (χ3n) is 5.89. The first kappa shape index (κ1) is 28.4. The van der Waals surface area contributed by atoms with E-state index in [4.69, 9.17) is 0 Å². The summed E-state index contributed by atoms with van der Waals surface area (Å²) >= 11 is 3.43. The van der Waals surface area contributed by atoms with Crippen LogP contribution in [0.2, 0.25) is 0 Å². The maximum Gasteiger partial charge on any atom is 0.244 e. The molecule has 2 amide bonds. The number of nitrogens with zero attached hydrogens (tertiary/aromatic N) is 2. The van der Waals surface area contributed by atoms with Crippen LogP contribution in [0.1, 0.15) is 23.6 Å². The minimum absolute atomic E-state index is 0.145. The molecule has 1 atom stereocenters. The van der Waals surface area contributed by atoms with Crippen LogP contribution >= 0.6 is 15.9 Å². The number of nitrogens with one attached hydrogen (secondary N) is 1. The number of benzene rings is 3. The fraction of sp³-hybridized carbons (Fsp3) is 0.286. The van der Waals surface area contributed by atoms with Crippen LogP contribution in [0, 0.1) is 6.92 Å². The Morgan fingerprint density at radius 1 is 0.919 bits per heavy atom. The predicted molar refractivity (Wildman–Crippen MR) is 151 cm³/mol. The highest BCUT2D eigenvalue weighted by atomic mass is 79.9. The highest BCUT2D eigenvalue weighted by Gasteiger charge is 2.32. The molecule has 9 heteroatoms. The molecular weight excluding hydrogens is 554 g/mol. The molecule has 37 heavy (non-hydrogen) atoms. The van der Waals surface area contributed by atoms with Crippen molar-refractivity contribution in [1.29, 1.82) is 0 Å². The van der Waals surface area contributed by atoms with Crippen molar-refractivity contribution < 1.29 is 18.0 Å². The van der Waals surface area contributed by atoms with Gasteiger partial charge >= 0.3 is 0 Å². The van der Waals surface area contributed by atoms with Crippen LogP contribution < -0.4 is 9.62 Å². The Kier molecular flexibility index (Phi) is 9.88. The summed E-state index contributed by atoms with van der Waals surface area (Å²) in [6, 6.07) is 23.0. The van der Waals surface area contributed by atoms with Gasteiger partial charge in [-0.25, -0.2) is 8.42 Å². The molecule has 3 aromatic rings. The van der Waals surface area contributed by atoms with Crippen molar-refractivity contribution in [2.24, 2.45) is 0 Å². The number of hydrogen-bond donors (Lipinski definition) is 1. The third kappa shape index (κ3) is 8.16. The molecule has 196 valence electrons. The van der Waals surface area contributed by atoms with Crippen molar-refractivity contribution in [3.63, 3.8) is 0 Å². The normalized spacial score (nSPS) is 12.0. The van der Waals surface area contributed by atoms with Crippen molar-refractivity contribution in [2.75, 3.05) is 23.7 Å². The fourth-order valence-electron chi connectivity index (χ4n) is 3.96. The van der Waals surface area contributed by atoms with Crippen LogP contribution in [0.5, 0.6) is 0 Å². The Bertz CT molecular complexity index is 1300. The Morgan fingerprint density at radius 2 is 1.54 bits per heavy atom. The lowest BCUT2D eigenvalue weighted by molar-refractivity contribution is -0.140. The number of hydrogen-bond acceptors (Lipinski definition) is 4. The first-order valence-corrected chi connectivity index (χ1v) is 14.6. The van der Waals surface area contributed by atoms with E-state index in [0.29, 0.717) is 18.7 Å². The summed E-state index contributed by atoms with van der Waals surface area (Å²) in [5.74, 6) is -0.765. The summed E-state index contributed by atoms with van der Waals surface area (Å²) in [7, 11) is -3.77. The maximum absolute atomic E-state index is 13.9. The van der Waals surface area contributed by atoms with Crippen molar-refractivity contribution in [2.45, 2.75) is 32.9 Å². The zero-order chi connectivity index (χ0) is 27.0. The molecule has 0 aliphatic rings. The second kappa shape index (κ2) is 12.9. The van der Waals surface area contributed by atoms with E-state index in [-0.39, 0.29) is 12.5 Å². The number of anilines is 1. The van der Waals surface area contributed by atoms with Crippen molar-refractivity contribution >= 4 is 43.5 Å². The smallest absolute Gasteiger partial charge is 0.244 e. The van der Waals surface area contributed by atoms with Gasteiger partial charge in [0.1, 0.15) is 12.6 Å². The van der Waals surface area contributed by atoms with E-state index in [9.17, 15) is 18.0 Å². The van der Waals surface area contributed by atoms with Gasteiger partial charge in [0, 0.05) is 24.0 Å². The molecular formula is C28H32BrN3O4S. The van der Waals surface area contributed by atoms with E-state index in [2.05, 4.69) is 21.2 Å². The van der Waals surface area contributed by atoms with Gasteiger partial charge < -0.3 is 10.2 Å². The zero-order valence-electron chi connectivity index (χ0n) is 21.2. The number of amides is 2. The number of likely N-dealkylation sites (N-methyl/N-ethyl adjacent to an activating group) is 1. The fourth-order valence-corrected chi connectivity index (χ4v) is 5.07. The van der Waals surface area contributed by atoms with Gasteiger partial charge in [-0.05, 0) is 49.2 Å². The monoisotopic (exact) mass is 585 g/mol. The lowest BCUT2D eigenvalue weighted by Gasteiger charge is -2.33. The van der Waals surface area contributed by atoms with E-state index in [1.165, 1.54) is 4.90 Å². The Morgan fingerprint density at radius 3 is 2.11 bits per heavy atom. The minimum atomic E-state index is -3.77. The molecule has 3 rings (SSSR count). The first-order valence-electron chi connectivity index (χ1n) is 12.0. The van der Waals surface area contributed by atoms with Crippen LogP contribution in [0.25, 0.3) is 0 Å². The molecule has 7 nitrogen and oxygen atoms in total. The molecule has 0 heterocycles. The quantitative estimate of drug-likeness (QED) is 0.363. The molecule has 3 aromatic carbocycles. The topological polar surface area (TPSA) is 86.8 Å². The Hall–Kier alpha value is -3.17. The molecule has 0 fully saturated rings. The summed E-state index contributed by atoms with van der Waals surface area (Å²) < 4.78 is 27.5. The number of halogens is 1. The second-order valence-electron chi connectivity index (χ2n) is 8.85.